The van der Waals surface area contributed by atoms with E-state index in [1.807, 2.05) is 11.8 Å². The molecule has 0 saturated carbocycles. The molecule has 1 aromatic heterocycles. The number of aromatic nitrogens is 2. The summed E-state index contributed by atoms with van der Waals surface area (Å²) in [6, 6.07) is 0. The first kappa shape index (κ1) is 11.6. The van der Waals surface area contributed by atoms with E-state index in [2.05, 4.69) is 15.3 Å². The lowest BCUT2D eigenvalue weighted by Gasteiger charge is -2.24. The van der Waals surface area contributed by atoms with E-state index in [1.54, 1.807) is 0 Å². The minimum Gasteiger partial charge on any atom is -0.369 e. The molecule has 0 aromatic carbocycles. The lowest BCUT2D eigenvalue weighted by molar-refractivity contribution is 0.0691. The molecule has 1 aromatic rings. The molecule has 4 nitrogen and oxygen atoms in total. The van der Waals surface area contributed by atoms with Crippen LogP contribution in [0.2, 0.25) is 0 Å². The van der Waals surface area contributed by atoms with E-state index in [9.17, 15) is 0 Å². The van der Waals surface area contributed by atoms with Gasteiger partial charge < -0.3 is 15.0 Å². The summed E-state index contributed by atoms with van der Waals surface area (Å²) in [4.78, 5) is 7.91. The summed E-state index contributed by atoms with van der Waals surface area (Å²) < 4.78 is 6.46. The Morgan fingerprint density at radius 1 is 1.47 bits per heavy atom. The van der Waals surface area contributed by atoms with Gasteiger partial charge in [-0.3, -0.25) is 0 Å². The monoisotopic (exact) mass is 269 g/mol. The number of hydrogen-bond donors (Lipinski definition) is 2. The van der Waals surface area contributed by atoms with Crippen LogP contribution in [-0.2, 0) is 17.7 Å². The zero-order valence-electron chi connectivity index (χ0n) is 9.49. The number of thioether (sulfide) groups is 1. The zero-order chi connectivity index (χ0) is 11.7. The van der Waals surface area contributed by atoms with Crippen molar-refractivity contribution in [3.8, 4) is 0 Å². The predicted molar refractivity (Wildman–Crippen MR) is 70.9 cm³/mol. The second-order valence-electron chi connectivity index (χ2n) is 4.25. The minimum atomic E-state index is 0.0793. The highest BCUT2D eigenvalue weighted by Gasteiger charge is 2.21. The van der Waals surface area contributed by atoms with Gasteiger partial charge in [0.15, 0.2) is 0 Å². The van der Waals surface area contributed by atoms with Crippen LogP contribution in [0.1, 0.15) is 23.2 Å². The number of fused-ring (bicyclic) bond motifs is 1. The van der Waals surface area contributed by atoms with Gasteiger partial charge in [0, 0.05) is 42.3 Å². The summed E-state index contributed by atoms with van der Waals surface area (Å²) in [5.74, 6) is 2.95. The Labute approximate surface area is 110 Å². The Morgan fingerprint density at radius 3 is 3.24 bits per heavy atom. The van der Waals surface area contributed by atoms with E-state index in [4.69, 9.17) is 17.0 Å². The molecular weight excluding hydrogens is 254 g/mol. The maximum absolute atomic E-state index is 5.73. The van der Waals surface area contributed by atoms with Crippen LogP contribution in [0.4, 0.5) is 0 Å². The van der Waals surface area contributed by atoms with E-state index >= 15 is 0 Å². The van der Waals surface area contributed by atoms with E-state index in [0.717, 1.165) is 53.7 Å². The molecule has 2 aliphatic rings. The number of aromatic amines is 1. The van der Waals surface area contributed by atoms with Crippen molar-refractivity contribution < 1.29 is 4.74 Å². The molecule has 3 rings (SSSR count). The summed E-state index contributed by atoms with van der Waals surface area (Å²) in [5, 5.41) is 3.32. The molecule has 0 amide bonds. The second-order valence-corrected chi connectivity index (χ2v) is 5.78. The molecule has 0 bridgehead atoms. The number of hydrogen-bond acceptors (Lipinski definition) is 5. The normalized spacial score (nSPS) is 24.4. The van der Waals surface area contributed by atoms with E-state index in [-0.39, 0.29) is 6.10 Å². The third-order valence-corrected chi connectivity index (χ3v) is 4.43. The molecular formula is C11H15N3OS2. The maximum atomic E-state index is 5.73. The highest BCUT2D eigenvalue weighted by molar-refractivity contribution is 7.99. The van der Waals surface area contributed by atoms with Crippen molar-refractivity contribution in [2.75, 3.05) is 24.7 Å². The Kier molecular flexibility index (Phi) is 3.46. The lowest BCUT2D eigenvalue weighted by Crippen LogP contribution is -2.27. The average Bonchev–Trinajstić information content (AvgIpc) is 2.40. The van der Waals surface area contributed by atoms with Crippen LogP contribution in [0.25, 0.3) is 0 Å². The molecule has 0 aliphatic carbocycles. The van der Waals surface area contributed by atoms with Gasteiger partial charge in [0.1, 0.15) is 16.6 Å². The van der Waals surface area contributed by atoms with Gasteiger partial charge in [-0.1, -0.05) is 12.2 Å². The molecule has 1 fully saturated rings. The van der Waals surface area contributed by atoms with E-state index < -0.39 is 0 Å². The van der Waals surface area contributed by atoms with Gasteiger partial charge in [0.05, 0.1) is 6.61 Å². The van der Waals surface area contributed by atoms with Gasteiger partial charge in [-0.25, -0.2) is 4.98 Å². The van der Waals surface area contributed by atoms with Gasteiger partial charge >= 0.3 is 0 Å². The average molecular weight is 269 g/mol. The minimum absolute atomic E-state index is 0.0793. The SMILES string of the molecule is S=c1nc(C2CSCCO2)[nH]c2c1CNCC2. The highest BCUT2D eigenvalue weighted by Crippen LogP contribution is 2.25. The Balaban J connectivity index is 1.95. The van der Waals surface area contributed by atoms with Crippen molar-refractivity contribution in [3.05, 3.63) is 21.7 Å². The fourth-order valence-corrected chi connectivity index (χ4v) is 3.33. The molecule has 1 unspecified atom stereocenters. The first-order chi connectivity index (χ1) is 8.34. The third kappa shape index (κ3) is 2.40. The van der Waals surface area contributed by atoms with Crippen LogP contribution >= 0.6 is 24.0 Å². The summed E-state index contributed by atoms with van der Waals surface area (Å²) in [6.45, 7) is 2.64. The Hall–Kier alpha value is -0.430. The first-order valence-electron chi connectivity index (χ1n) is 5.86. The van der Waals surface area contributed by atoms with Gasteiger partial charge in [-0.05, 0) is 0 Å². The van der Waals surface area contributed by atoms with Crippen molar-refractivity contribution in [1.82, 2.24) is 15.3 Å². The van der Waals surface area contributed by atoms with Gasteiger partial charge in [-0.2, -0.15) is 11.8 Å². The second kappa shape index (κ2) is 5.06. The molecule has 0 spiro atoms. The number of rotatable bonds is 1. The van der Waals surface area contributed by atoms with E-state index in [1.165, 1.54) is 5.69 Å². The standard InChI is InChI=1S/C11H15N3OS2/c16-11-7-5-12-2-1-8(7)13-10(14-11)9-6-17-4-3-15-9/h9,12H,1-6H2,(H,13,14,16). The van der Waals surface area contributed by atoms with Crippen molar-refractivity contribution in [2.24, 2.45) is 0 Å². The summed E-state index contributed by atoms with van der Waals surface area (Å²) in [7, 11) is 0. The summed E-state index contributed by atoms with van der Waals surface area (Å²) >= 11 is 7.27. The van der Waals surface area contributed by atoms with Crippen LogP contribution < -0.4 is 5.32 Å². The van der Waals surface area contributed by atoms with Crippen molar-refractivity contribution in [3.63, 3.8) is 0 Å². The number of ether oxygens (including phenoxy) is 1. The van der Waals surface area contributed by atoms with Gasteiger partial charge in [0.25, 0.3) is 0 Å². The molecule has 6 heteroatoms. The Bertz CT molecular complexity index is 468. The van der Waals surface area contributed by atoms with Crippen molar-refractivity contribution in [1.29, 1.82) is 0 Å². The van der Waals surface area contributed by atoms with Gasteiger partial charge in [-0.15, -0.1) is 0 Å². The summed E-state index contributed by atoms with van der Waals surface area (Å²) in [5.41, 5.74) is 2.39. The maximum Gasteiger partial charge on any atom is 0.138 e. The van der Waals surface area contributed by atoms with Crippen LogP contribution in [-0.4, -0.2) is 34.6 Å². The van der Waals surface area contributed by atoms with Crippen molar-refractivity contribution in [2.45, 2.75) is 19.1 Å². The molecule has 1 atom stereocenters. The lowest BCUT2D eigenvalue weighted by atomic mass is 10.1. The number of nitrogens with zero attached hydrogens (tertiary/aromatic N) is 1. The van der Waals surface area contributed by atoms with Crippen LogP contribution in [0.5, 0.6) is 0 Å². The fourth-order valence-electron chi connectivity index (χ4n) is 2.18. The molecule has 92 valence electrons. The molecule has 2 aliphatic heterocycles. The zero-order valence-corrected chi connectivity index (χ0v) is 11.1. The number of nitrogens with one attached hydrogen (secondary N) is 2. The summed E-state index contributed by atoms with van der Waals surface area (Å²) in [6.07, 6.45) is 1.07. The highest BCUT2D eigenvalue weighted by atomic mass is 32.2. The first-order valence-corrected chi connectivity index (χ1v) is 7.43. The number of H-pyrrole nitrogens is 1. The van der Waals surface area contributed by atoms with Crippen LogP contribution in [0.15, 0.2) is 0 Å². The van der Waals surface area contributed by atoms with Crippen molar-refractivity contribution >= 4 is 24.0 Å². The smallest absolute Gasteiger partial charge is 0.138 e. The van der Waals surface area contributed by atoms with Crippen LogP contribution in [0, 0.1) is 4.64 Å². The third-order valence-electron chi connectivity index (χ3n) is 3.10. The topological polar surface area (TPSA) is 49.9 Å². The molecule has 3 heterocycles. The molecule has 0 radical (unpaired) electrons. The van der Waals surface area contributed by atoms with Gasteiger partial charge in [0.2, 0.25) is 0 Å². The predicted octanol–water partition coefficient (Wildman–Crippen LogP) is 1.59. The quantitative estimate of drug-likeness (QED) is 0.758. The largest absolute Gasteiger partial charge is 0.369 e. The molecule has 17 heavy (non-hydrogen) atoms. The van der Waals surface area contributed by atoms with E-state index in [0.29, 0.717) is 0 Å². The van der Waals surface area contributed by atoms with Crippen LogP contribution in [0.3, 0.4) is 0 Å². The molecule has 2 N–H and O–H groups in total. The Morgan fingerprint density at radius 2 is 2.41 bits per heavy atom. The fraction of sp³-hybridized carbons (Fsp3) is 0.636. The molecule has 1 saturated heterocycles.